The summed E-state index contributed by atoms with van der Waals surface area (Å²) in [5.74, 6) is 1.44. The van der Waals surface area contributed by atoms with Crippen molar-refractivity contribution in [1.29, 1.82) is 0 Å². The maximum absolute atomic E-state index is 14.8. The fourth-order valence-electron chi connectivity index (χ4n) is 3.69. The van der Waals surface area contributed by atoms with Crippen molar-refractivity contribution in [3.63, 3.8) is 0 Å². The zero-order chi connectivity index (χ0) is 18.6. The van der Waals surface area contributed by atoms with E-state index in [-0.39, 0.29) is 31.0 Å². The Balaban J connectivity index is 1.80. The molecule has 0 radical (unpaired) electrons. The van der Waals surface area contributed by atoms with Crippen LogP contribution in [0.25, 0.3) is 0 Å². The van der Waals surface area contributed by atoms with Gasteiger partial charge in [0.2, 0.25) is 11.8 Å². The van der Waals surface area contributed by atoms with Crippen molar-refractivity contribution in [2.45, 2.75) is 38.2 Å². The summed E-state index contributed by atoms with van der Waals surface area (Å²) < 4.78 is 20.8. The van der Waals surface area contributed by atoms with Gasteiger partial charge in [-0.3, -0.25) is 9.59 Å². The molecule has 1 aliphatic carbocycles. The molecule has 0 bridgehead atoms. The van der Waals surface area contributed by atoms with Crippen LogP contribution in [0, 0.1) is 24.1 Å². The molecule has 6 heteroatoms. The number of rotatable bonds is 2. The van der Waals surface area contributed by atoms with Gasteiger partial charge >= 0.3 is 0 Å². The second kappa shape index (κ2) is 5.60. The van der Waals surface area contributed by atoms with Crippen molar-refractivity contribution >= 4 is 23.2 Å². The lowest BCUT2D eigenvalue weighted by molar-refractivity contribution is -0.130. The van der Waals surface area contributed by atoms with Crippen LogP contribution in [0.15, 0.2) is 24.4 Å². The highest BCUT2D eigenvalue weighted by molar-refractivity contribution is 6.17. The zero-order valence-electron chi connectivity index (χ0n) is 14.5. The van der Waals surface area contributed by atoms with E-state index in [1.165, 1.54) is 12.1 Å². The quantitative estimate of drug-likeness (QED) is 0.605. The molecule has 0 N–H and O–H groups in total. The van der Waals surface area contributed by atoms with E-state index in [1.54, 1.807) is 4.90 Å². The van der Waals surface area contributed by atoms with Gasteiger partial charge in [0.25, 0.3) is 0 Å². The molecule has 2 heterocycles. The summed E-state index contributed by atoms with van der Waals surface area (Å²) in [6.07, 6.45) is 7.52. The number of ether oxygens (including phenoxy) is 1. The summed E-state index contributed by atoms with van der Waals surface area (Å²) in [7, 11) is 0. The minimum absolute atomic E-state index is 0.0392. The van der Waals surface area contributed by atoms with Gasteiger partial charge in [-0.25, -0.2) is 9.29 Å². The van der Waals surface area contributed by atoms with Crippen LogP contribution in [-0.2, 0) is 9.59 Å². The number of carbonyl (C=O) groups is 2. The molecule has 4 rings (SSSR count). The Hall–Kier alpha value is -2.81. The van der Waals surface area contributed by atoms with E-state index in [0.29, 0.717) is 11.4 Å². The van der Waals surface area contributed by atoms with E-state index in [1.807, 2.05) is 6.92 Å². The molecule has 1 aromatic rings. The third kappa shape index (κ3) is 2.38. The number of nitrogens with zero attached hydrogens (tertiary/aromatic N) is 2. The van der Waals surface area contributed by atoms with Crippen LogP contribution >= 0.6 is 0 Å². The van der Waals surface area contributed by atoms with Crippen molar-refractivity contribution in [3.05, 3.63) is 30.2 Å². The van der Waals surface area contributed by atoms with Crippen molar-refractivity contribution in [2.75, 3.05) is 16.3 Å². The van der Waals surface area contributed by atoms with Crippen LogP contribution in [0.1, 0.15) is 32.6 Å². The topological polar surface area (TPSA) is 49.9 Å². The molecule has 0 aromatic heterocycles. The molecule has 134 valence electrons. The van der Waals surface area contributed by atoms with Crippen molar-refractivity contribution < 1.29 is 18.7 Å². The van der Waals surface area contributed by atoms with Gasteiger partial charge in [0.15, 0.2) is 5.82 Å². The Kier molecular flexibility index (Phi) is 3.58. The van der Waals surface area contributed by atoms with Crippen LogP contribution in [-0.4, -0.2) is 24.0 Å². The van der Waals surface area contributed by atoms with Crippen LogP contribution in [0.5, 0.6) is 5.75 Å². The van der Waals surface area contributed by atoms with Gasteiger partial charge in [0, 0.05) is 18.9 Å². The molecule has 5 nitrogen and oxygen atoms in total. The molecule has 1 aromatic carbocycles. The number of hydrogen-bond acceptors (Lipinski definition) is 4. The number of piperidine rings is 1. The van der Waals surface area contributed by atoms with Crippen LogP contribution in [0.3, 0.4) is 0 Å². The summed E-state index contributed by atoms with van der Waals surface area (Å²) in [5, 5.41) is 0. The summed E-state index contributed by atoms with van der Waals surface area (Å²) in [6.45, 7) is 6.18. The summed E-state index contributed by atoms with van der Waals surface area (Å²) in [6, 6.07) is 2.70. The summed E-state index contributed by atoms with van der Waals surface area (Å²) >= 11 is 0. The molecule has 2 fully saturated rings. The second-order valence-electron chi connectivity index (χ2n) is 7.24. The highest BCUT2D eigenvalue weighted by Gasteiger charge is 2.53. The number of hydrogen-bond donors (Lipinski definition) is 0. The lowest BCUT2D eigenvalue weighted by Gasteiger charge is -2.38. The monoisotopic (exact) mass is 354 g/mol. The fourth-order valence-corrected chi connectivity index (χ4v) is 3.69. The van der Waals surface area contributed by atoms with Crippen LogP contribution < -0.4 is 14.5 Å². The van der Waals surface area contributed by atoms with E-state index < -0.39 is 23.2 Å². The van der Waals surface area contributed by atoms with Gasteiger partial charge in [-0.15, -0.1) is 6.42 Å². The predicted octanol–water partition coefficient (Wildman–Crippen LogP) is 2.99. The number of carbonyl (C=O) groups excluding carboxylic acids is 2. The average Bonchev–Trinajstić information content (AvgIpc) is 3.33. The Bertz CT molecular complexity index is 864. The maximum atomic E-state index is 14.8. The minimum Gasteiger partial charge on any atom is -0.479 e. The first kappa shape index (κ1) is 16.6. The highest BCUT2D eigenvalue weighted by Crippen LogP contribution is 2.54. The van der Waals surface area contributed by atoms with Crippen molar-refractivity contribution in [3.8, 4) is 18.1 Å². The third-order valence-corrected chi connectivity index (χ3v) is 5.22. The highest BCUT2D eigenvalue weighted by atomic mass is 19.1. The van der Waals surface area contributed by atoms with Crippen LogP contribution in [0.4, 0.5) is 15.8 Å². The molecule has 2 aliphatic heterocycles. The molecule has 1 spiro atoms. The molecule has 1 saturated carbocycles. The summed E-state index contributed by atoms with van der Waals surface area (Å²) in [5.41, 5.74) is 0.687. The second-order valence-corrected chi connectivity index (χ2v) is 7.24. The van der Waals surface area contributed by atoms with E-state index in [2.05, 4.69) is 12.5 Å². The lowest BCUT2D eigenvalue weighted by Crippen LogP contribution is -2.44. The number of anilines is 2. The number of benzene rings is 1. The molecule has 2 amide bonds. The Morgan fingerprint density at radius 3 is 2.54 bits per heavy atom. The number of imide groups is 1. The van der Waals surface area contributed by atoms with Crippen molar-refractivity contribution in [2.24, 2.45) is 5.92 Å². The average molecular weight is 354 g/mol. The van der Waals surface area contributed by atoms with Gasteiger partial charge in [-0.05, 0) is 24.8 Å². The third-order valence-electron chi connectivity index (χ3n) is 5.22. The van der Waals surface area contributed by atoms with Gasteiger partial charge in [0.05, 0.1) is 23.6 Å². The molecule has 0 atom stereocenters. The van der Waals surface area contributed by atoms with Crippen molar-refractivity contribution in [1.82, 2.24) is 0 Å². The minimum atomic E-state index is -0.663. The largest absolute Gasteiger partial charge is 0.479 e. The maximum Gasteiger partial charge on any atom is 0.234 e. The molecular formula is C20H19FN2O3. The van der Waals surface area contributed by atoms with Gasteiger partial charge < -0.3 is 9.64 Å². The Labute approximate surface area is 151 Å². The summed E-state index contributed by atoms with van der Waals surface area (Å²) in [4.78, 5) is 27.5. The van der Waals surface area contributed by atoms with E-state index in [9.17, 15) is 14.0 Å². The van der Waals surface area contributed by atoms with E-state index in [4.69, 9.17) is 11.2 Å². The van der Waals surface area contributed by atoms with E-state index >= 15 is 0 Å². The first-order valence-corrected chi connectivity index (χ1v) is 8.65. The first-order valence-electron chi connectivity index (χ1n) is 8.65. The number of halogens is 1. The molecule has 3 aliphatic rings. The Morgan fingerprint density at radius 1 is 1.31 bits per heavy atom. The number of amides is 2. The van der Waals surface area contributed by atoms with Gasteiger partial charge in [-0.2, -0.15) is 0 Å². The molecule has 1 saturated heterocycles. The standard InChI is InChI=1S/C20H19FN2O3/c1-4-7-22-13(3)20(5-6-20)26-17-10-14(21)15(11-16(17)22)23-18(24)8-12(2)9-19(23)25/h1,10-12H,3,5-9H2,2H3. The van der Waals surface area contributed by atoms with Gasteiger partial charge in [-0.1, -0.05) is 19.4 Å². The normalized spacial score (nSPS) is 21.5. The zero-order valence-corrected chi connectivity index (χ0v) is 14.5. The SMILES string of the molecule is C#CCN1C(=C)C2(CC2)Oc2cc(F)c(N3C(=O)CC(C)CC3=O)cc21. The molecular weight excluding hydrogens is 335 g/mol. The molecule has 0 unspecified atom stereocenters. The van der Waals surface area contributed by atoms with E-state index in [0.717, 1.165) is 23.4 Å². The lowest BCUT2D eigenvalue weighted by atomic mass is 9.97. The molecule has 26 heavy (non-hydrogen) atoms. The van der Waals surface area contributed by atoms with Gasteiger partial charge in [0.1, 0.15) is 11.4 Å². The first-order chi connectivity index (χ1) is 12.4. The Morgan fingerprint density at radius 2 is 1.96 bits per heavy atom. The van der Waals surface area contributed by atoms with Crippen LogP contribution in [0.2, 0.25) is 0 Å². The predicted molar refractivity (Wildman–Crippen MR) is 95.2 cm³/mol. The number of fused-ring (bicyclic) bond motifs is 1. The fraction of sp³-hybridized carbons (Fsp3) is 0.400. The smallest absolute Gasteiger partial charge is 0.234 e. The number of terminal acetylenes is 1.